The van der Waals surface area contributed by atoms with E-state index in [-0.39, 0.29) is 17.6 Å². The van der Waals surface area contributed by atoms with Crippen molar-refractivity contribution in [1.29, 1.82) is 0 Å². The van der Waals surface area contributed by atoms with E-state index in [4.69, 9.17) is 4.74 Å². The molecule has 5 unspecified atom stereocenters. The predicted octanol–water partition coefficient (Wildman–Crippen LogP) is 2.27. The van der Waals surface area contributed by atoms with E-state index in [2.05, 4.69) is 20.8 Å². The summed E-state index contributed by atoms with van der Waals surface area (Å²) in [6.45, 7) is 8.09. The van der Waals surface area contributed by atoms with Crippen LogP contribution in [0.25, 0.3) is 0 Å². The third-order valence-corrected chi connectivity index (χ3v) is 4.45. The quantitative estimate of drug-likeness (QED) is 0.557. The molecule has 0 bridgehead atoms. The Labute approximate surface area is 110 Å². The number of hydrogen-bond acceptors (Lipinski definition) is 3. The lowest BCUT2D eigenvalue weighted by molar-refractivity contribution is 0.0722. The Bertz CT molecular complexity index is 335. The van der Waals surface area contributed by atoms with E-state index in [1.807, 2.05) is 19.1 Å². The largest absolute Gasteiger partial charge is 0.390 e. The predicted molar refractivity (Wildman–Crippen MR) is 71.2 cm³/mol. The van der Waals surface area contributed by atoms with Crippen molar-refractivity contribution in [2.45, 2.75) is 70.4 Å². The van der Waals surface area contributed by atoms with Crippen molar-refractivity contribution >= 4 is 0 Å². The lowest BCUT2D eigenvalue weighted by Gasteiger charge is -2.27. The maximum absolute atomic E-state index is 10.4. The van der Waals surface area contributed by atoms with Gasteiger partial charge in [-0.05, 0) is 39.0 Å². The topological polar surface area (TPSA) is 53.0 Å². The molecule has 0 radical (unpaired) electrons. The molecule has 3 nitrogen and oxygen atoms in total. The molecule has 104 valence electrons. The van der Waals surface area contributed by atoms with Gasteiger partial charge in [0.1, 0.15) is 6.10 Å². The number of hydrogen-bond donors (Lipinski definition) is 2. The summed E-state index contributed by atoms with van der Waals surface area (Å²) < 4.78 is 5.73. The molecule has 5 atom stereocenters. The molecule has 3 heteroatoms. The summed E-state index contributed by atoms with van der Waals surface area (Å²) in [7, 11) is 0. The van der Waals surface area contributed by atoms with Gasteiger partial charge in [-0.2, -0.15) is 0 Å². The standard InChI is InChI=1S/C15H26O3/c1-10(2)11-6-9-14(3,17)7-5-8-15(4)13(18-15)12(11)16/h6,9-13,16-17H,5,7-8H2,1-4H3/b9-6-. The van der Waals surface area contributed by atoms with Crippen molar-refractivity contribution in [3.05, 3.63) is 12.2 Å². The van der Waals surface area contributed by atoms with Gasteiger partial charge in [0.25, 0.3) is 0 Å². The number of ether oxygens (including phenoxy) is 1. The number of rotatable bonds is 1. The van der Waals surface area contributed by atoms with Crippen molar-refractivity contribution in [3.8, 4) is 0 Å². The summed E-state index contributed by atoms with van der Waals surface area (Å²) in [4.78, 5) is 0. The van der Waals surface area contributed by atoms with Gasteiger partial charge in [0, 0.05) is 5.92 Å². The van der Waals surface area contributed by atoms with Crippen LogP contribution >= 0.6 is 0 Å². The van der Waals surface area contributed by atoms with Gasteiger partial charge < -0.3 is 14.9 Å². The van der Waals surface area contributed by atoms with Crippen molar-refractivity contribution in [2.75, 3.05) is 0 Å². The summed E-state index contributed by atoms with van der Waals surface area (Å²) >= 11 is 0. The van der Waals surface area contributed by atoms with Crippen LogP contribution in [0.2, 0.25) is 0 Å². The Morgan fingerprint density at radius 3 is 2.56 bits per heavy atom. The van der Waals surface area contributed by atoms with E-state index in [1.54, 1.807) is 0 Å². The average Bonchev–Trinajstić information content (AvgIpc) is 2.89. The molecule has 1 fully saturated rings. The fourth-order valence-corrected chi connectivity index (χ4v) is 3.02. The van der Waals surface area contributed by atoms with Crippen molar-refractivity contribution in [2.24, 2.45) is 11.8 Å². The number of fused-ring (bicyclic) bond motifs is 1. The summed E-state index contributed by atoms with van der Waals surface area (Å²) in [5, 5.41) is 20.7. The molecule has 1 aliphatic carbocycles. The van der Waals surface area contributed by atoms with Gasteiger partial charge in [-0.3, -0.25) is 0 Å². The molecule has 0 amide bonds. The van der Waals surface area contributed by atoms with Gasteiger partial charge in [0.2, 0.25) is 0 Å². The molecule has 1 aliphatic heterocycles. The van der Waals surface area contributed by atoms with Gasteiger partial charge in [-0.25, -0.2) is 0 Å². The van der Waals surface area contributed by atoms with Crippen LogP contribution < -0.4 is 0 Å². The Morgan fingerprint density at radius 2 is 1.94 bits per heavy atom. The lowest BCUT2D eigenvalue weighted by Crippen LogP contribution is -2.34. The molecule has 1 saturated heterocycles. The first-order valence-electron chi connectivity index (χ1n) is 7.03. The first kappa shape index (κ1) is 14.0. The fourth-order valence-electron chi connectivity index (χ4n) is 3.02. The maximum Gasteiger partial charge on any atom is 0.113 e. The molecule has 2 rings (SSSR count). The Balaban J connectivity index is 2.22. The molecule has 0 aromatic heterocycles. The highest BCUT2D eigenvalue weighted by atomic mass is 16.6. The third-order valence-electron chi connectivity index (χ3n) is 4.45. The zero-order chi connectivity index (χ0) is 13.6. The molecule has 18 heavy (non-hydrogen) atoms. The van der Waals surface area contributed by atoms with Gasteiger partial charge in [0.15, 0.2) is 0 Å². The Hall–Kier alpha value is -0.380. The van der Waals surface area contributed by atoms with Gasteiger partial charge in [0.05, 0.1) is 17.3 Å². The van der Waals surface area contributed by atoms with Crippen LogP contribution in [0.15, 0.2) is 12.2 Å². The molecule has 0 spiro atoms. The molecule has 2 aliphatic rings. The fraction of sp³-hybridized carbons (Fsp3) is 0.867. The van der Waals surface area contributed by atoms with E-state index in [1.165, 1.54) is 0 Å². The molecule has 0 aromatic rings. The lowest BCUT2D eigenvalue weighted by atomic mass is 9.81. The highest BCUT2D eigenvalue weighted by molar-refractivity contribution is 5.11. The highest BCUT2D eigenvalue weighted by Crippen LogP contribution is 2.46. The van der Waals surface area contributed by atoms with E-state index in [9.17, 15) is 10.2 Å². The van der Waals surface area contributed by atoms with Crippen molar-refractivity contribution in [3.63, 3.8) is 0 Å². The van der Waals surface area contributed by atoms with E-state index in [0.717, 1.165) is 19.3 Å². The normalized spacial score (nSPS) is 50.7. The second kappa shape index (κ2) is 4.62. The average molecular weight is 254 g/mol. The van der Waals surface area contributed by atoms with Crippen LogP contribution in [-0.4, -0.2) is 33.6 Å². The molecule has 0 aromatic carbocycles. The smallest absolute Gasteiger partial charge is 0.113 e. The van der Waals surface area contributed by atoms with Crippen LogP contribution in [0.4, 0.5) is 0 Å². The summed E-state index contributed by atoms with van der Waals surface area (Å²) in [6, 6.07) is 0. The first-order valence-corrected chi connectivity index (χ1v) is 7.03. The third kappa shape index (κ3) is 2.79. The highest BCUT2D eigenvalue weighted by Gasteiger charge is 2.57. The van der Waals surface area contributed by atoms with Crippen LogP contribution in [0, 0.1) is 11.8 Å². The number of epoxide rings is 1. The van der Waals surface area contributed by atoms with E-state index >= 15 is 0 Å². The maximum atomic E-state index is 10.4. The van der Waals surface area contributed by atoms with E-state index in [0.29, 0.717) is 5.92 Å². The van der Waals surface area contributed by atoms with Crippen LogP contribution in [0.1, 0.15) is 47.0 Å². The van der Waals surface area contributed by atoms with Crippen LogP contribution in [0.3, 0.4) is 0 Å². The molecular weight excluding hydrogens is 228 g/mol. The Morgan fingerprint density at radius 1 is 1.28 bits per heavy atom. The van der Waals surface area contributed by atoms with Crippen molar-refractivity contribution in [1.82, 2.24) is 0 Å². The second-order valence-corrected chi connectivity index (χ2v) is 6.73. The Kier molecular flexibility index (Phi) is 3.60. The zero-order valence-corrected chi connectivity index (χ0v) is 11.9. The SMILES string of the molecule is CC(C)C1/C=C\C(C)(O)CCCC2(C)OC2C1O. The van der Waals surface area contributed by atoms with Gasteiger partial charge in [-0.1, -0.05) is 26.0 Å². The minimum absolute atomic E-state index is 0.0430. The second-order valence-electron chi connectivity index (χ2n) is 6.73. The first-order chi connectivity index (χ1) is 8.25. The number of aliphatic hydroxyl groups is 2. The number of aliphatic hydroxyl groups excluding tert-OH is 1. The van der Waals surface area contributed by atoms with Crippen LogP contribution in [-0.2, 0) is 4.74 Å². The van der Waals surface area contributed by atoms with Gasteiger partial charge >= 0.3 is 0 Å². The molecule has 2 N–H and O–H groups in total. The van der Waals surface area contributed by atoms with E-state index < -0.39 is 11.7 Å². The zero-order valence-electron chi connectivity index (χ0n) is 11.9. The molecular formula is C15H26O3. The van der Waals surface area contributed by atoms with Crippen LogP contribution in [0.5, 0.6) is 0 Å². The minimum Gasteiger partial charge on any atom is -0.390 e. The minimum atomic E-state index is -0.773. The monoisotopic (exact) mass is 254 g/mol. The summed E-state index contributed by atoms with van der Waals surface area (Å²) in [6.07, 6.45) is 5.88. The van der Waals surface area contributed by atoms with Gasteiger partial charge in [-0.15, -0.1) is 0 Å². The summed E-state index contributed by atoms with van der Waals surface area (Å²) in [5.41, 5.74) is -0.960. The molecule has 0 saturated carbocycles. The van der Waals surface area contributed by atoms with Crippen molar-refractivity contribution < 1.29 is 14.9 Å². The summed E-state index contributed by atoms with van der Waals surface area (Å²) in [5.74, 6) is 0.376. The molecule has 1 heterocycles.